The van der Waals surface area contributed by atoms with Crippen LogP contribution in [0.5, 0.6) is 5.75 Å². The van der Waals surface area contributed by atoms with E-state index < -0.39 is 0 Å². The molecule has 0 spiro atoms. The lowest BCUT2D eigenvalue weighted by Gasteiger charge is -2.08. The highest BCUT2D eigenvalue weighted by molar-refractivity contribution is 5.73. The molecule has 0 amide bonds. The van der Waals surface area contributed by atoms with E-state index in [4.69, 9.17) is 9.15 Å². The summed E-state index contributed by atoms with van der Waals surface area (Å²) in [6.07, 6.45) is 7.80. The number of fused-ring (bicyclic) bond motifs is 1. The Bertz CT molecular complexity index is 1020. The Hall–Kier alpha value is -3.08. The normalized spacial score (nSPS) is 11.4. The third kappa shape index (κ3) is 4.42. The highest BCUT2D eigenvalue weighted by Gasteiger charge is 2.09. The summed E-state index contributed by atoms with van der Waals surface area (Å²) < 4.78 is 13.8. The molecule has 0 aliphatic rings. The Labute approximate surface area is 165 Å². The van der Waals surface area contributed by atoms with Gasteiger partial charge < -0.3 is 13.7 Å². The molecule has 4 aromatic rings. The van der Waals surface area contributed by atoms with Crippen molar-refractivity contribution in [3.63, 3.8) is 0 Å². The van der Waals surface area contributed by atoms with Gasteiger partial charge in [-0.15, -0.1) is 0 Å². The van der Waals surface area contributed by atoms with Crippen LogP contribution in [0.1, 0.15) is 43.2 Å². The van der Waals surface area contributed by atoms with Crippen LogP contribution in [0.4, 0.5) is 0 Å². The molecule has 0 unspecified atom stereocenters. The van der Waals surface area contributed by atoms with E-state index in [0.717, 1.165) is 47.7 Å². The topological polar surface area (TPSA) is 53.1 Å². The van der Waals surface area contributed by atoms with Gasteiger partial charge in [-0.1, -0.05) is 32.0 Å². The summed E-state index contributed by atoms with van der Waals surface area (Å²) in [4.78, 5) is 8.63. The number of ether oxygens (including phenoxy) is 1. The lowest BCUT2D eigenvalue weighted by atomic mass is 10.1. The quantitative estimate of drug-likeness (QED) is 0.416. The maximum Gasteiger partial charge on any atom is 0.198 e. The second-order valence-corrected chi connectivity index (χ2v) is 7.35. The van der Waals surface area contributed by atoms with Crippen molar-refractivity contribution < 1.29 is 9.15 Å². The fourth-order valence-electron chi connectivity index (χ4n) is 3.13. The Morgan fingerprint density at radius 3 is 2.64 bits per heavy atom. The number of rotatable bonds is 8. The van der Waals surface area contributed by atoms with Gasteiger partial charge in [-0.3, -0.25) is 0 Å². The number of imidazole rings is 1. The first kappa shape index (κ1) is 18.3. The molecule has 0 radical (unpaired) electrons. The van der Waals surface area contributed by atoms with Gasteiger partial charge in [-0.2, -0.15) is 0 Å². The Morgan fingerprint density at radius 1 is 1.07 bits per heavy atom. The van der Waals surface area contributed by atoms with Crippen LogP contribution in [0.2, 0.25) is 0 Å². The molecule has 0 aliphatic heterocycles. The van der Waals surface area contributed by atoms with Crippen LogP contribution in [0.25, 0.3) is 11.1 Å². The van der Waals surface area contributed by atoms with Crippen LogP contribution in [0.3, 0.4) is 0 Å². The number of aromatic nitrogens is 3. The molecule has 28 heavy (non-hydrogen) atoms. The smallest absolute Gasteiger partial charge is 0.198 e. The number of oxazole rings is 1. The van der Waals surface area contributed by atoms with E-state index >= 15 is 0 Å². The van der Waals surface area contributed by atoms with Gasteiger partial charge in [0, 0.05) is 24.9 Å². The van der Waals surface area contributed by atoms with E-state index in [2.05, 4.69) is 40.5 Å². The van der Waals surface area contributed by atoms with Crippen LogP contribution in [0, 0.1) is 0 Å². The summed E-state index contributed by atoms with van der Waals surface area (Å²) in [6, 6.07) is 14.4. The summed E-state index contributed by atoms with van der Waals surface area (Å²) in [5, 5.41) is 0. The van der Waals surface area contributed by atoms with E-state index in [1.807, 2.05) is 49.1 Å². The summed E-state index contributed by atoms with van der Waals surface area (Å²) >= 11 is 0. The molecule has 0 saturated heterocycles. The SMILES string of the molecule is CC(C)c1nc2cc(COc3ccc(CCCn4ccnc4)cc3)ccc2o1. The summed E-state index contributed by atoms with van der Waals surface area (Å²) in [5.41, 5.74) is 4.11. The van der Waals surface area contributed by atoms with Gasteiger partial charge in [0.2, 0.25) is 0 Å². The van der Waals surface area contributed by atoms with Gasteiger partial charge in [0.25, 0.3) is 0 Å². The van der Waals surface area contributed by atoms with Crippen LogP contribution < -0.4 is 4.74 Å². The summed E-state index contributed by atoms with van der Waals surface area (Å²) in [6.45, 7) is 5.66. The van der Waals surface area contributed by atoms with Gasteiger partial charge in [-0.05, 0) is 48.2 Å². The lowest BCUT2D eigenvalue weighted by molar-refractivity contribution is 0.306. The number of benzene rings is 2. The fraction of sp³-hybridized carbons (Fsp3) is 0.304. The standard InChI is InChI=1S/C23H25N3O2/c1-17(2)23-25-21-14-19(7-10-22(21)28-23)15-27-20-8-5-18(6-9-20)4-3-12-26-13-11-24-16-26/h5-11,13-14,16-17H,3-4,12,15H2,1-2H3. The number of aryl methyl sites for hydroxylation is 2. The fourth-order valence-corrected chi connectivity index (χ4v) is 3.13. The first-order valence-electron chi connectivity index (χ1n) is 9.74. The second-order valence-electron chi connectivity index (χ2n) is 7.35. The predicted octanol–water partition coefficient (Wildman–Crippen LogP) is 5.36. The van der Waals surface area contributed by atoms with E-state index in [-0.39, 0.29) is 5.92 Å². The molecule has 0 bridgehead atoms. The zero-order valence-corrected chi connectivity index (χ0v) is 16.3. The third-order valence-corrected chi connectivity index (χ3v) is 4.73. The predicted molar refractivity (Wildman–Crippen MR) is 109 cm³/mol. The Kier molecular flexibility index (Phi) is 5.42. The molecule has 5 heteroatoms. The highest BCUT2D eigenvalue weighted by Crippen LogP contribution is 2.23. The molecular weight excluding hydrogens is 350 g/mol. The molecule has 144 valence electrons. The van der Waals surface area contributed by atoms with Crippen molar-refractivity contribution >= 4 is 11.1 Å². The summed E-state index contributed by atoms with van der Waals surface area (Å²) in [7, 11) is 0. The monoisotopic (exact) mass is 375 g/mol. The van der Waals surface area contributed by atoms with Crippen molar-refractivity contribution in [2.45, 2.75) is 45.8 Å². The van der Waals surface area contributed by atoms with Crippen molar-refractivity contribution in [1.82, 2.24) is 14.5 Å². The molecule has 5 nitrogen and oxygen atoms in total. The van der Waals surface area contributed by atoms with Crippen LogP contribution in [-0.4, -0.2) is 14.5 Å². The zero-order chi connectivity index (χ0) is 19.3. The zero-order valence-electron chi connectivity index (χ0n) is 16.3. The molecule has 0 aliphatic carbocycles. The van der Waals surface area contributed by atoms with Gasteiger partial charge in [0.05, 0.1) is 6.33 Å². The van der Waals surface area contributed by atoms with Crippen molar-refractivity contribution in [3.8, 4) is 5.75 Å². The Morgan fingerprint density at radius 2 is 1.89 bits per heavy atom. The molecule has 2 aromatic carbocycles. The van der Waals surface area contributed by atoms with Gasteiger partial charge in [0.1, 0.15) is 17.9 Å². The second kappa shape index (κ2) is 8.30. The van der Waals surface area contributed by atoms with Crippen molar-refractivity contribution in [1.29, 1.82) is 0 Å². The Balaban J connectivity index is 1.31. The van der Waals surface area contributed by atoms with Gasteiger partial charge in [-0.25, -0.2) is 9.97 Å². The van der Waals surface area contributed by atoms with Gasteiger partial charge in [0.15, 0.2) is 11.5 Å². The van der Waals surface area contributed by atoms with Crippen LogP contribution in [-0.2, 0) is 19.6 Å². The first-order chi connectivity index (χ1) is 13.7. The molecule has 0 fully saturated rings. The molecule has 2 heterocycles. The molecule has 2 aromatic heterocycles. The minimum Gasteiger partial charge on any atom is -0.489 e. The third-order valence-electron chi connectivity index (χ3n) is 4.73. The average Bonchev–Trinajstić information content (AvgIpc) is 3.36. The minimum atomic E-state index is 0.283. The summed E-state index contributed by atoms with van der Waals surface area (Å²) in [5.74, 6) is 1.93. The van der Waals surface area contributed by atoms with Gasteiger partial charge >= 0.3 is 0 Å². The van der Waals surface area contributed by atoms with Crippen LogP contribution in [0.15, 0.2) is 65.6 Å². The number of nitrogens with zero attached hydrogens (tertiary/aromatic N) is 3. The van der Waals surface area contributed by atoms with Crippen molar-refractivity contribution in [2.75, 3.05) is 0 Å². The van der Waals surface area contributed by atoms with E-state index in [1.165, 1.54) is 5.56 Å². The van der Waals surface area contributed by atoms with Crippen LogP contribution >= 0.6 is 0 Å². The van der Waals surface area contributed by atoms with E-state index in [0.29, 0.717) is 6.61 Å². The van der Waals surface area contributed by atoms with E-state index in [1.54, 1.807) is 0 Å². The molecule has 0 atom stereocenters. The number of hydrogen-bond acceptors (Lipinski definition) is 4. The maximum atomic E-state index is 5.94. The molecule has 0 N–H and O–H groups in total. The van der Waals surface area contributed by atoms with Crippen molar-refractivity contribution in [2.24, 2.45) is 0 Å². The lowest BCUT2D eigenvalue weighted by Crippen LogP contribution is -1.97. The average molecular weight is 375 g/mol. The highest BCUT2D eigenvalue weighted by atomic mass is 16.5. The molecular formula is C23H25N3O2. The maximum absolute atomic E-state index is 5.94. The number of hydrogen-bond donors (Lipinski definition) is 0. The molecule has 0 saturated carbocycles. The minimum absolute atomic E-state index is 0.283. The van der Waals surface area contributed by atoms with E-state index in [9.17, 15) is 0 Å². The molecule has 4 rings (SSSR count). The van der Waals surface area contributed by atoms with Crippen molar-refractivity contribution in [3.05, 3.63) is 78.2 Å². The largest absolute Gasteiger partial charge is 0.489 e. The first-order valence-corrected chi connectivity index (χ1v) is 9.74.